The van der Waals surface area contributed by atoms with Crippen molar-refractivity contribution in [3.05, 3.63) is 84.7 Å². The summed E-state index contributed by atoms with van der Waals surface area (Å²) in [4.78, 5) is 30.0. The quantitative estimate of drug-likeness (QED) is 0.429. The van der Waals surface area contributed by atoms with Crippen LogP contribution in [-0.2, 0) is 27.3 Å². The molecule has 1 amide bonds. The summed E-state index contributed by atoms with van der Waals surface area (Å²) in [6, 6.07) is 25.0. The molecule has 1 unspecified atom stereocenters. The van der Waals surface area contributed by atoms with Gasteiger partial charge in [0.1, 0.15) is 12.4 Å². The van der Waals surface area contributed by atoms with Crippen LogP contribution in [0.15, 0.2) is 78.9 Å². The molecular weight excluding hydrogens is 402 g/mol. The van der Waals surface area contributed by atoms with Crippen LogP contribution in [0.2, 0.25) is 0 Å². The number of imidazole rings is 1. The Kier molecular flexibility index (Phi) is 6.31. The molecule has 0 aliphatic rings. The molecule has 32 heavy (non-hydrogen) atoms. The van der Waals surface area contributed by atoms with E-state index in [0.29, 0.717) is 12.1 Å². The lowest BCUT2D eigenvalue weighted by Gasteiger charge is -2.16. The summed E-state index contributed by atoms with van der Waals surface area (Å²) in [7, 11) is 0. The number of hydrogen-bond acceptors (Lipinski definition) is 4. The molecule has 162 valence electrons. The van der Waals surface area contributed by atoms with Gasteiger partial charge in [0.25, 0.3) is 5.91 Å². The van der Waals surface area contributed by atoms with Crippen LogP contribution < -0.4 is 5.32 Å². The first-order chi connectivity index (χ1) is 15.6. The predicted molar refractivity (Wildman–Crippen MR) is 125 cm³/mol. The number of carbonyl (C=O) groups is 2. The molecule has 0 saturated heterocycles. The fourth-order valence-electron chi connectivity index (χ4n) is 3.68. The van der Waals surface area contributed by atoms with Gasteiger partial charge in [-0.05, 0) is 30.7 Å². The molecular formula is C26H25N3O3. The number of carbonyl (C=O) groups excluding carboxylic acids is 2. The predicted octanol–water partition coefficient (Wildman–Crippen LogP) is 4.84. The van der Waals surface area contributed by atoms with Crippen molar-refractivity contribution in [3.63, 3.8) is 0 Å². The van der Waals surface area contributed by atoms with E-state index >= 15 is 0 Å². The number of nitrogens with zero attached hydrogens (tertiary/aromatic N) is 2. The fourth-order valence-corrected chi connectivity index (χ4v) is 3.68. The fraction of sp³-hybridized carbons (Fsp3) is 0.192. The molecule has 4 rings (SSSR count). The highest BCUT2D eigenvalue weighted by Gasteiger charge is 2.21. The molecule has 1 heterocycles. The van der Waals surface area contributed by atoms with E-state index in [0.717, 1.165) is 28.0 Å². The largest absolute Gasteiger partial charge is 0.451 e. The molecule has 4 aromatic rings. The Labute approximate surface area is 186 Å². The molecule has 1 atom stereocenters. The molecule has 0 bridgehead atoms. The van der Waals surface area contributed by atoms with Crippen LogP contribution in [0.5, 0.6) is 0 Å². The third-order valence-corrected chi connectivity index (χ3v) is 5.28. The third-order valence-electron chi connectivity index (χ3n) is 5.28. The number of hydrogen-bond donors (Lipinski definition) is 1. The van der Waals surface area contributed by atoms with Gasteiger partial charge >= 0.3 is 5.97 Å². The average molecular weight is 428 g/mol. The van der Waals surface area contributed by atoms with E-state index in [9.17, 15) is 9.59 Å². The zero-order valence-corrected chi connectivity index (χ0v) is 18.1. The summed E-state index contributed by atoms with van der Waals surface area (Å²) in [5.74, 6) is -0.0631. The maximum absolute atomic E-state index is 12.8. The summed E-state index contributed by atoms with van der Waals surface area (Å²) in [6.45, 7) is 3.57. The number of esters is 1. The van der Waals surface area contributed by atoms with Gasteiger partial charge in [0.2, 0.25) is 0 Å². The number of benzene rings is 3. The van der Waals surface area contributed by atoms with Crippen molar-refractivity contribution in [3.8, 4) is 11.1 Å². The van der Waals surface area contributed by atoms with Gasteiger partial charge in [-0.25, -0.2) is 4.98 Å². The average Bonchev–Trinajstić information content (AvgIpc) is 3.17. The smallest absolute Gasteiger partial charge is 0.326 e. The van der Waals surface area contributed by atoms with Crippen molar-refractivity contribution in [1.29, 1.82) is 0 Å². The number of rotatable bonds is 7. The van der Waals surface area contributed by atoms with Crippen LogP contribution in [0.25, 0.3) is 22.2 Å². The van der Waals surface area contributed by atoms with Crippen molar-refractivity contribution in [2.75, 3.05) is 5.32 Å². The van der Waals surface area contributed by atoms with Crippen LogP contribution >= 0.6 is 0 Å². The lowest BCUT2D eigenvalue weighted by atomic mass is 10.0. The number of para-hydroxylation sites is 3. The first-order valence-corrected chi connectivity index (χ1v) is 10.7. The molecule has 1 N–H and O–H groups in total. The second-order valence-corrected chi connectivity index (χ2v) is 7.49. The second kappa shape index (κ2) is 9.47. The highest BCUT2D eigenvalue weighted by molar-refractivity contribution is 5.98. The SMILES string of the molecule is CCc1nc2ccccc2n1CC(=O)OC(C)C(=O)Nc1ccccc1-c1ccccc1. The normalized spacial score (nSPS) is 11.8. The minimum Gasteiger partial charge on any atom is -0.451 e. The maximum Gasteiger partial charge on any atom is 0.326 e. The Hall–Kier alpha value is -3.93. The molecule has 6 heteroatoms. The molecule has 3 aromatic carbocycles. The molecule has 6 nitrogen and oxygen atoms in total. The minimum atomic E-state index is -0.939. The molecule has 0 aliphatic heterocycles. The van der Waals surface area contributed by atoms with E-state index < -0.39 is 12.1 Å². The Balaban J connectivity index is 1.45. The number of amides is 1. The van der Waals surface area contributed by atoms with E-state index in [1.807, 2.05) is 90.4 Å². The lowest BCUT2D eigenvalue weighted by Crippen LogP contribution is -2.31. The van der Waals surface area contributed by atoms with Crippen LogP contribution in [0, 0.1) is 0 Å². The summed E-state index contributed by atoms with van der Waals surface area (Å²) in [5.41, 5.74) is 4.26. The van der Waals surface area contributed by atoms with E-state index in [-0.39, 0.29) is 12.5 Å². The number of nitrogens with one attached hydrogen (secondary N) is 1. The van der Waals surface area contributed by atoms with Crippen molar-refractivity contribution >= 4 is 28.6 Å². The van der Waals surface area contributed by atoms with Crippen molar-refractivity contribution in [1.82, 2.24) is 9.55 Å². The summed E-state index contributed by atoms with van der Waals surface area (Å²) in [6.07, 6.45) is -0.250. The van der Waals surface area contributed by atoms with Gasteiger partial charge in [0.15, 0.2) is 6.10 Å². The molecule has 0 spiro atoms. The van der Waals surface area contributed by atoms with Crippen LogP contribution in [0.1, 0.15) is 19.7 Å². The number of ether oxygens (including phenoxy) is 1. The summed E-state index contributed by atoms with van der Waals surface area (Å²) in [5, 5.41) is 2.89. The Morgan fingerprint density at radius 1 is 0.969 bits per heavy atom. The van der Waals surface area contributed by atoms with E-state index in [1.54, 1.807) is 6.92 Å². The van der Waals surface area contributed by atoms with Crippen molar-refractivity contribution < 1.29 is 14.3 Å². The highest BCUT2D eigenvalue weighted by atomic mass is 16.5. The van der Waals surface area contributed by atoms with Gasteiger partial charge in [-0.2, -0.15) is 0 Å². The summed E-state index contributed by atoms with van der Waals surface area (Å²) >= 11 is 0. The number of aryl methyl sites for hydroxylation is 1. The van der Waals surface area contributed by atoms with E-state index in [4.69, 9.17) is 4.74 Å². The van der Waals surface area contributed by atoms with Gasteiger partial charge in [-0.3, -0.25) is 9.59 Å². The Bertz CT molecular complexity index is 1250. The molecule has 0 radical (unpaired) electrons. The van der Waals surface area contributed by atoms with Crippen LogP contribution in [0.4, 0.5) is 5.69 Å². The third kappa shape index (κ3) is 4.54. The monoisotopic (exact) mass is 427 g/mol. The topological polar surface area (TPSA) is 73.2 Å². The number of aromatic nitrogens is 2. The lowest BCUT2D eigenvalue weighted by molar-refractivity contribution is -0.153. The second-order valence-electron chi connectivity index (χ2n) is 7.49. The first-order valence-electron chi connectivity index (χ1n) is 10.7. The Morgan fingerprint density at radius 2 is 1.66 bits per heavy atom. The molecule has 1 aromatic heterocycles. The zero-order chi connectivity index (χ0) is 22.5. The number of fused-ring (bicyclic) bond motifs is 1. The summed E-state index contributed by atoms with van der Waals surface area (Å²) < 4.78 is 7.29. The van der Waals surface area contributed by atoms with Crippen molar-refractivity contribution in [2.24, 2.45) is 0 Å². The van der Waals surface area contributed by atoms with E-state index in [2.05, 4.69) is 10.3 Å². The Morgan fingerprint density at radius 3 is 2.44 bits per heavy atom. The standard InChI is InChI=1S/C26H25N3O3/c1-3-24-27-22-15-9-10-16-23(22)29(24)17-25(30)32-18(2)26(31)28-21-14-8-7-13-20(21)19-11-5-4-6-12-19/h4-16,18H,3,17H2,1-2H3,(H,28,31). The maximum atomic E-state index is 12.8. The van der Waals surface area contributed by atoms with Gasteiger partial charge < -0.3 is 14.6 Å². The van der Waals surface area contributed by atoms with Gasteiger partial charge in [0, 0.05) is 17.7 Å². The molecule has 0 aliphatic carbocycles. The van der Waals surface area contributed by atoms with Gasteiger partial charge in [-0.1, -0.05) is 67.6 Å². The highest BCUT2D eigenvalue weighted by Crippen LogP contribution is 2.27. The van der Waals surface area contributed by atoms with Crippen LogP contribution in [0.3, 0.4) is 0 Å². The van der Waals surface area contributed by atoms with Crippen LogP contribution in [-0.4, -0.2) is 27.5 Å². The van der Waals surface area contributed by atoms with E-state index in [1.165, 1.54) is 0 Å². The molecule has 0 fully saturated rings. The van der Waals surface area contributed by atoms with Crippen molar-refractivity contribution in [2.45, 2.75) is 32.9 Å². The zero-order valence-electron chi connectivity index (χ0n) is 18.1. The first kappa shape index (κ1) is 21.3. The van der Waals surface area contributed by atoms with Gasteiger partial charge in [0.05, 0.1) is 11.0 Å². The minimum absolute atomic E-state index is 0.00189. The molecule has 0 saturated carbocycles. The van der Waals surface area contributed by atoms with Gasteiger partial charge in [-0.15, -0.1) is 0 Å². The number of anilines is 1.